The summed E-state index contributed by atoms with van der Waals surface area (Å²) in [6.45, 7) is 6.90. The number of nitrogens with one attached hydrogen (secondary N) is 1. The number of anilines is 1. The Balaban J connectivity index is 2.61. The monoisotopic (exact) mass is 211 g/mol. The second kappa shape index (κ2) is 6.19. The van der Waals surface area contributed by atoms with Crippen LogP contribution in [-0.2, 0) is 4.74 Å². The van der Waals surface area contributed by atoms with Crippen molar-refractivity contribution in [2.24, 2.45) is 0 Å². The molecule has 5 nitrogen and oxygen atoms in total. The van der Waals surface area contributed by atoms with Crippen molar-refractivity contribution in [3.63, 3.8) is 0 Å². The number of nitrogens with zero attached hydrogens (tertiary/aromatic N) is 2. The fourth-order valence-corrected chi connectivity index (χ4v) is 1.28. The Labute approximate surface area is 89.1 Å². The molecule has 15 heavy (non-hydrogen) atoms. The molecule has 0 saturated heterocycles. The van der Waals surface area contributed by atoms with Crippen LogP contribution in [0.4, 0.5) is 5.82 Å². The van der Waals surface area contributed by atoms with E-state index in [2.05, 4.69) is 9.97 Å². The van der Waals surface area contributed by atoms with E-state index in [4.69, 9.17) is 4.74 Å². The molecule has 1 aromatic rings. The topological polar surface area (TPSA) is 58.2 Å². The van der Waals surface area contributed by atoms with Crippen molar-refractivity contribution in [1.29, 1.82) is 0 Å². The highest BCUT2D eigenvalue weighted by Gasteiger charge is 2.05. The number of hydrogen-bond acceptors (Lipinski definition) is 4. The molecule has 5 heteroatoms. The number of ether oxygens (including phenoxy) is 1. The minimum absolute atomic E-state index is 0.130. The summed E-state index contributed by atoms with van der Waals surface area (Å²) in [6.07, 6.45) is 1.42. The van der Waals surface area contributed by atoms with Gasteiger partial charge in [0.25, 0.3) is 5.56 Å². The van der Waals surface area contributed by atoms with E-state index in [1.165, 1.54) is 12.4 Å². The Hall–Kier alpha value is -1.36. The van der Waals surface area contributed by atoms with Gasteiger partial charge >= 0.3 is 0 Å². The quantitative estimate of drug-likeness (QED) is 0.701. The third kappa shape index (κ3) is 3.71. The Morgan fingerprint density at radius 3 is 2.93 bits per heavy atom. The molecule has 0 fully saturated rings. The maximum absolute atomic E-state index is 11.1. The number of aromatic nitrogens is 2. The van der Waals surface area contributed by atoms with Gasteiger partial charge in [0, 0.05) is 25.8 Å². The van der Waals surface area contributed by atoms with Gasteiger partial charge in [0.15, 0.2) is 0 Å². The van der Waals surface area contributed by atoms with Crippen LogP contribution in [0.1, 0.15) is 13.8 Å². The minimum atomic E-state index is -0.130. The first-order valence-electron chi connectivity index (χ1n) is 5.15. The van der Waals surface area contributed by atoms with Gasteiger partial charge in [-0.2, -0.15) is 0 Å². The van der Waals surface area contributed by atoms with E-state index in [-0.39, 0.29) is 5.56 Å². The molecule has 0 atom stereocenters. The third-order valence-corrected chi connectivity index (χ3v) is 2.08. The van der Waals surface area contributed by atoms with Gasteiger partial charge in [-0.05, 0) is 13.8 Å². The van der Waals surface area contributed by atoms with Crippen LogP contribution < -0.4 is 10.5 Å². The standard InChI is InChI=1S/C10H17N3O2/c1-3-13(5-6-15-4-2)9-7-10(14)12-8-11-9/h7-8H,3-6H2,1-2H3,(H,11,12,14). The van der Waals surface area contributed by atoms with Crippen LogP contribution in [-0.4, -0.2) is 36.3 Å². The molecule has 0 amide bonds. The smallest absolute Gasteiger partial charge is 0.252 e. The van der Waals surface area contributed by atoms with E-state index in [1.54, 1.807) is 0 Å². The molecular formula is C10H17N3O2. The molecule has 0 bridgehead atoms. The SMILES string of the molecule is CCOCCN(CC)c1cc(=O)[nH]cn1. The molecule has 0 saturated carbocycles. The van der Waals surface area contributed by atoms with E-state index in [1.807, 2.05) is 18.7 Å². The second-order valence-corrected chi connectivity index (χ2v) is 3.05. The normalized spacial score (nSPS) is 10.3. The Kier molecular flexibility index (Phi) is 4.83. The number of aromatic amines is 1. The molecule has 0 aliphatic carbocycles. The average Bonchev–Trinajstić information content (AvgIpc) is 2.24. The van der Waals surface area contributed by atoms with Crippen LogP contribution in [0.2, 0.25) is 0 Å². The van der Waals surface area contributed by atoms with Crippen molar-refractivity contribution in [2.45, 2.75) is 13.8 Å². The zero-order chi connectivity index (χ0) is 11.1. The van der Waals surface area contributed by atoms with Crippen molar-refractivity contribution in [2.75, 3.05) is 31.2 Å². The number of H-pyrrole nitrogens is 1. The first-order chi connectivity index (χ1) is 7.27. The molecule has 0 spiro atoms. The maximum Gasteiger partial charge on any atom is 0.252 e. The van der Waals surface area contributed by atoms with Gasteiger partial charge < -0.3 is 14.6 Å². The second-order valence-electron chi connectivity index (χ2n) is 3.05. The lowest BCUT2D eigenvalue weighted by atomic mass is 10.4. The van der Waals surface area contributed by atoms with E-state index in [9.17, 15) is 4.79 Å². The molecule has 1 N–H and O–H groups in total. The Morgan fingerprint density at radius 1 is 1.53 bits per heavy atom. The fourth-order valence-electron chi connectivity index (χ4n) is 1.28. The first-order valence-corrected chi connectivity index (χ1v) is 5.15. The molecule has 0 radical (unpaired) electrons. The summed E-state index contributed by atoms with van der Waals surface area (Å²) in [7, 11) is 0. The summed E-state index contributed by atoms with van der Waals surface area (Å²) in [5.74, 6) is 0.695. The largest absolute Gasteiger partial charge is 0.380 e. The summed E-state index contributed by atoms with van der Waals surface area (Å²) in [5.41, 5.74) is -0.130. The van der Waals surface area contributed by atoms with E-state index in [0.29, 0.717) is 19.0 Å². The molecule has 1 heterocycles. The van der Waals surface area contributed by atoms with Crippen LogP contribution >= 0.6 is 0 Å². The lowest BCUT2D eigenvalue weighted by Crippen LogP contribution is -2.29. The van der Waals surface area contributed by atoms with Crippen LogP contribution in [0, 0.1) is 0 Å². The summed E-state index contributed by atoms with van der Waals surface area (Å²) in [5, 5.41) is 0. The third-order valence-electron chi connectivity index (χ3n) is 2.08. The maximum atomic E-state index is 11.1. The van der Waals surface area contributed by atoms with E-state index >= 15 is 0 Å². The van der Waals surface area contributed by atoms with Crippen molar-refractivity contribution in [3.8, 4) is 0 Å². The lowest BCUT2D eigenvalue weighted by Gasteiger charge is -2.20. The molecular weight excluding hydrogens is 194 g/mol. The molecule has 0 aromatic carbocycles. The lowest BCUT2D eigenvalue weighted by molar-refractivity contribution is 0.154. The van der Waals surface area contributed by atoms with Gasteiger partial charge in [-0.25, -0.2) is 4.98 Å². The molecule has 1 aromatic heterocycles. The van der Waals surface area contributed by atoms with Gasteiger partial charge in [-0.3, -0.25) is 4.79 Å². The highest BCUT2D eigenvalue weighted by Crippen LogP contribution is 2.04. The number of hydrogen-bond donors (Lipinski definition) is 1. The van der Waals surface area contributed by atoms with Crippen LogP contribution in [0.25, 0.3) is 0 Å². The predicted octanol–water partition coefficient (Wildman–Crippen LogP) is 0.633. The molecule has 0 aliphatic rings. The van der Waals surface area contributed by atoms with E-state index < -0.39 is 0 Å². The van der Waals surface area contributed by atoms with Crippen LogP contribution in [0.5, 0.6) is 0 Å². The van der Waals surface area contributed by atoms with Crippen molar-refractivity contribution >= 4 is 5.82 Å². The number of likely N-dealkylation sites (N-methyl/N-ethyl adjacent to an activating group) is 1. The van der Waals surface area contributed by atoms with Gasteiger partial charge in [0.05, 0.1) is 12.9 Å². The highest BCUT2D eigenvalue weighted by atomic mass is 16.5. The van der Waals surface area contributed by atoms with Gasteiger partial charge in [0.1, 0.15) is 5.82 Å². The molecule has 0 aliphatic heterocycles. The zero-order valence-electron chi connectivity index (χ0n) is 9.19. The van der Waals surface area contributed by atoms with Gasteiger partial charge in [-0.1, -0.05) is 0 Å². The molecule has 84 valence electrons. The molecule has 1 rings (SSSR count). The highest BCUT2D eigenvalue weighted by molar-refractivity contribution is 5.35. The van der Waals surface area contributed by atoms with Gasteiger partial charge in [-0.15, -0.1) is 0 Å². The summed E-state index contributed by atoms with van der Waals surface area (Å²) >= 11 is 0. The fraction of sp³-hybridized carbons (Fsp3) is 0.600. The summed E-state index contributed by atoms with van der Waals surface area (Å²) in [4.78, 5) is 19.7. The van der Waals surface area contributed by atoms with Crippen molar-refractivity contribution in [3.05, 3.63) is 22.7 Å². The summed E-state index contributed by atoms with van der Waals surface area (Å²) in [6, 6.07) is 1.50. The van der Waals surface area contributed by atoms with Crippen molar-refractivity contribution in [1.82, 2.24) is 9.97 Å². The molecule has 0 unspecified atom stereocenters. The van der Waals surface area contributed by atoms with Crippen LogP contribution in [0.3, 0.4) is 0 Å². The first kappa shape index (κ1) is 11.7. The Bertz CT molecular complexity index is 337. The Morgan fingerprint density at radius 2 is 2.33 bits per heavy atom. The minimum Gasteiger partial charge on any atom is -0.380 e. The summed E-state index contributed by atoms with van der Waals surface area (Å²) < 4.78 is 5.26. The average molecular weight is 211 g/mol. The van der Waals surface area contributed by atoms with Crippen LogP contribution in [0.15, 0.2) is 17.2 Å². The predicted molar refractivity (Wildman–Crippen MR) is 59.2 cm³/mol. The zero-order valence-corrected chi connectivity index (χ0v) is 9.19. The van der Waals surface area contributed by atoms with E-state index in [0.717, 1.165) is 13.1 Å². The number of rotatable bonds is 6. The van der Waals surface area contributed by atoms with Gasteiger partial charge in [0.2, 0.25) is 0 Å². The van der Waals surface area contributed by atoms with Crippen molar-refractivity contribution < 1.29 is 4.74 Å².